The van der Waals surface area contributed by atoms with Crippen molar-refractivity contribution in [1.29, 1.82) is 0 Å². The van der Waals surface area contributed by atoms with Gasteiger partial charge in [-0.2, -0.15) is 0 Å². The zero-order valence-corrected chi connectivity index (χ0v) is 12.3. The van der Waals surface area contributed by atoms with Gasteiger partial charge >= 0.3 is 0 Å². The van der Waals surface area contributed by atoms with Crippen LogP contribution in [0.2, 0.25) is 0 Å². The first-order chi connectivity index (χ1) is 8.95. The Labute approximate surface area is 116 Å². The molecule has 2 heterocycles. The van der Waals surface area contributed by atoms with Gasteiger partial charge in [0.25, 0.3) is 0 Å². The largest absolute Gasteiger partial charge is 0.284 e. The molecule has 0 saturated carbocycles. The van der Waals surface area contributed by atoms with Gasteiger partial charge in [0.15, 0.2) is 0 Å². The Morgan fingerprint density at radius 3 is 2.68 bits per heavy atom. The first kappa shape index (κ1) is 13.7. The molecule has 2 rings (SSSR count). The number of aromatic nitrogens is 1. The summed E-state index contributed by atoms with van der Waals surface area (Å²) in [6, 6.07) is 4.41. The third-order valence-electron chi connectivity index (χ3n) is 3.25. The number of hydrazine groups is 1. The van der Waals surface area contributed by atoms with E-state index in [0.717, 1.165) is 12.1 Å². The van der Waals surface area contributed by atoms with Crippen molar-refractivity contribution in [1.82, 2.24) is 9.99 Å². The van der Waals surface area contributed by atoms with Gasteiger partial charge in [0.2, 0.25) is 0 Å². The molecule has 1 aliphatic rings. The van der Waals surface area contributed by atoms with Crippen LogP contribution >= 0.6 is 0 Å². The number of allylic oxidation sites excluding steroid dienone is 1. The Bertz CT molecular complexity index is 471. The van der Waals surface area contributed by atoms with Gasteiger partial charge in [-0.25, -0.2) is 0 Å². The standard InChI is InChI=1S/C16H23N3/c1-6-8-14-11-13(2)19(16(3,4)5)18(14)15-9-7-10-17-12-15/h6-7,9-12,14H,1,8H2,2-5H3. The highest BCUT2D eigenvalue weighted by atomic mass is 15.7. The predicted molar refractivity (Wildman–Crippen MR) is 80.7 cm³/mol. The number of hydrogen-bond donors (Lipinski definition) is 0. The minimum absolute atomic E-state index is 0.0341. The molecule has 1 aliphatic heterocycles. The molecule has 0 N–H and O–H groups in total. The number of rotatable bonds is 3. The van der Waals surface area contributed by atoms with E-state index in [1.807, 2.05) is 24.5 Å². The molecule has 1 aromatic heterocycles. The third kappa shape index (κ3) is 2.65. The van der Waals surface area contributed by atoms with Crippen molar-refractivity contribution in [3.63, 3.8) is 0 Å². The number of hydrogen-bond acceptors (Lipinski definition) is 3. The number of anilines is 1. The van der Waals surface area contributed by atoms with Crippen LogP contribution in [-0.4, -0.2) is 21.6 Å². The van der Waals surface area contributed by atoms with Crippen molar-refractivity contribution >= 4 is 5.69 Å². The van der Waals surface area contributed by atoms with E-state index in [0.29, 0.717) is 6.04 Å². The van der Waals surface area contributed by atoms with Crippen LogP contribution in [0, 0.1) is 0 Å². The normalized spacial score (nSPS) is 19.6. The van der Waals surface area contributed by atoms with Gasteiger partial charge in [-0.1, -0.05) is 6.08 Å². The van der Waals surface area contributed by atoms with Crippen molar-refractivity contribution in [2.45, 2.75) is 45.7 Å². The summed E-state index contributed by atoms with van der Waals surface area (Å²) in [5.74, 6) is 0. The maximum atomic E-state index is 4.25. The Kier molecular flexibility index (Phi) is 3.65. The van der Waals surface area contributed by atoms with Crippen LogP contribution < -0.4 is 5.01 Å². The van der Waals surface area contributed by atoms with Crippen molar-refractivity contribution in [2.24, 2.45) is 0 Å². The second-order valence-electron chi connectivity index (χ2n) is 5.94. The maximum absolute atomic E-state index is 4.25. The van der Waals surface area contributed by atoms with E-state index in [-0.39, 0.29) is 5.54 Å². The predicted octanol–water partition coefficient (Wildman–Crippen LogP) is 3.77. The molecule has 3 nitrogen and oxygen atoms in total. The van der Waals surface area contributed by atoms with Crippen molar-refractivity contribution in [3.05, 3.63) is 49.0 Å². The average Bonchev–Trinajstić information content (AvgIpc) is 2.67. The van der Waals surface area contributed by atoms with Crippen LogP contribution in [0.4, 0.5) is 5.69 Å². The summed E-state index contributed by atoms with van der Waals surface area (Å²) in [5.41, 5.74) is 2.44. The monoisotopic (exact) mass is 257 g/mol. The maximum Gasteiger partial charge on any atom is 0.0764 e. The van der Waals surface area contributed by atoms with Crippen molar-refractivity contribution < 1.29 is 0 Å². The van der Waals surface area contributed by atoms with Gasteiger partial charge in [0, 0.05) is 11.9 Å². The smallest absolute Gasteiger partial charge is 0.0764 e. The molecule has 0 radical (unpaired) electrons. The molecule has 0 amide bonds. The summed E-state index contributed by atoms with van der Waals surface area (Å²) in [6.45, 7) is 12.7. The SMILES string of the molecule is C=CCC1C=C(C)N(C(C)(C)C)N1c1cccnc1. The fraction of sp³-hybridized carbons (Fsp3) is 0.438. The minimum Gasteiger partial charge on any atom is -0.284 e. The third-order valence-corrected chi connectivity index (χ3v) is 3.25. The van der Waals surface area contributed by atoms with E-state index in [9.17, 15) is 0 Å². The van der Waals surface area contributed by atoms with Gasteiger partial charge in [-0.3, -0.25) is 15.0 Å². The van der Waals surface area contributed by atoms with Crippen molar-refractivity contribution in [3.8, 4) is 0 Å². The molecule has 1 atom stereocenters. The van der Waals surface area contributed by atoms with E-state index in [2.05, 4.69) is 61.4 Å². The summed E-state index contributed by atoms with van der Waals surface area (Å²) in [4.78, 5) is 4.25. The molecular weight excluding hydrogens is 234 g/mol. The highest BCUT2D eigenvalue weighted by Gasteiger charge is 2.36. The minimum atomic E-state index is 0.0341. The summed E-state index contributed by atoms with van der Waals surface area (Å²) in [7, 11) is 0. The molecule has 1 aromatic rings. The van der Waals surface area contributed by atoms with Gasteiger partial charge in [-0.05, 0) is 52.3 Å². The molecule has 0 saturated heterocycles. The Morgan fingerprint density at radius 1 is 1.42 bits per heavy atom. The van der Waals surface area contributed by atoms with Gasteiger partial charge in [-0.15, -0.1) is 6.58 Å². The summed E-state index contributed by atoms with van der Waals surface area (Å²) < 4.78 is 0. The van der Waals surface area contributed by atoms with E-state index in [4.69, 9.17) is 0 Å². The molecule has 0 aliphatic carbocycles. The lowest BCUT2D eigenvalue weighted by Crippen LogP contribution is -2.51. The first-order valence-electron chi connectivity index (χ1n) is 6.74. The second-order valence-corrected chi connectivity index (χ2v) is 5.94. The van der Waals surface area contributed by atoms with Crippen LogP contribution in [0.3, 0.4) is 0 Å². The molecule has 1 unspecified atom stereocenters. The molecule has 102 valence electrons. The number of nitrogens with zero attached hydrogens (tertiary/aromatic N) is 3. The van der Waals surface area contributed by atoms with E-state index >= 15 is 0 Å². The Hall–Kier alpha value is -1.77. The second kappa shape index (κ2) is 5.08. The zero-order valence-electron chi connectivity index (χ0n) is 12.3. The van der Waals surface area contributed by atoms with E-state index in [1.54, 1.807) is 0 Å². The average molecular weight is 257 g/mol. The molecule has 19 heavy (non-hydrogen) atoms. The lowest BCUT2D eigenvalue weighted by atomic mass is 10.1. The highest BCUT2D eigenvalue weighted by Crippen LogP contribution is 2.35. The topological polar surface area (TPSA) is 19.4 Å². The van der Waals surface area contributed by atoms with Crippen LogP contribution in [-0.2, 0) is 0 Å². The Balaban J connectivity index is 2.42. The molecule has 0 aromatic carbocycles. The van der Waals surface area contributed by atoms with Gasteiger partial charge in [0.05, 0.1) is 23.5 Å². The lowest BCUT2D eigenvalue weighted by Gasteiger charge is -2.45. The van der Waals surface area contributed by atoms with Crippen LogP contribution in [0.25, 0.3) is 0 Å². The molecular formula is C16H23N3. The summed E-state index contributed by atoms with van der Waals surface area (Å²) in [5, 5.41) is 4.67. The molecule has 3 heteroatoms. The van der Waals surface area contributed by atoms with E-state index in [1.165, 1.54) is 5.70 Å². The Morgan fingerprint density at radius 2 is 2.16 bits per heavy atom. The van der Waals surface area contributed by atoms with Crippen LogP contribution in [0.1, 0.15) is 34.1 Å². The zero-order chi connectivity index (χ0) is 14.0. The fourth-order valence-corrected chi connectivity index (χ4v) is 2.73. The van der Waals surface area contributed by atoms with Gasteiger partial charge in [0.1, 0.15) is 0 Å². The fourth-order valence-electron chi connectivity index (χ4n) is 2.73. The first-order valence-corrected chi connectivity index (χ1v) is 6.74. The van der Waals surface area contributed by atoms with Crippen LogP contribution in [0.15, 0.2) is 49.0 Å². The quantitative estimate of drug-likeness (QED) is 0.768. The highest BCUT2D eigenvalue weighted by molar-refractivity contribution is 5.49. The summed E-state index contributed by atoms with van der Waals surface area (Å²) >= 11 is 0. The van der Waals surface area contributed by atoms with Crippen molar-refractivity contribution in [2.75, 3.05) is 5.01 Å². The molecule has 0 bridgehead atoms. The molecule has 0 spiro atoms. The lowest BCUT2D eigenvalue weighted by molar-refractivity contribution is 0.175. The summed E-state index contributed by atoms with van der Waals surface area (Å²) in [6.07, 6.45) is 8.94. The number of pyridine rings is 1. The van der Waals surface area contributed by atoms with Crippen LogP contribution in [0.5, 0.6) is 0 Å². The van der Waals surface area contributed by atoms with Gasteiger partial charge < -0.3 is 0 Å². The molecule has 0 fully saturated rings. The van der Waals surface area contributed by atoms with E-state index < -0.39 is 0 Å².